The van der Waals surface area contributed by atoms with E-state index in [2.05, 4.69) is 4.90 Å². The lowest BCUT2D eigenvalue weighted by Gasteiger charge is -2.38. The third kappa shape index (κ3) is 3.65. The van der Waals surface area contributed by atoms with E-state index in [-0.39, 0.29) is 12.0 Å². The Bertz CT molecular complexity index is 663. The summed E-state index contributed by atoms with van der Waals surface area (Å²) in [5, 5.41) is 0. The Labute approximate surface area is 161 Å². The van der Waals surface area contributed by atoms with Gasteiger partial charge < -0.3 is 20.1 Å². The summed E-state index contributed by atoms with van der Waals surface area (Å²) in [6.45, 7) is 4.20. The smallest absolute Gasteiger partial charge is 0.227 e. The quantitative estimate of drug-likeness (QED) is 0.851. The molecule has 4 atom stereocenters. The first-order chi connectivity index (χ1) is 13.1. The number of methoxy groups -OCH3 is 2. The summed E-state index contributed by atoms with van der Waals surface area (Å²) in [4.78, 5) is 17.5. The van der Waals surface area contributed by atoms with Crippen LogP contribution in [0.15, 0.2) is 18.2 Å². The molecule has 1 aromatic rings. The zero-order valence-corrected chi connectivity index (χ0v) is 16.4. The molecule has 27 heavy (non-hydrogen) atoms. The van der Waals surface area contributed by atoms with Crippen LogP contribution in [-0.4, -0.2) is 62.1 Å². The molecule has 4 unspecified atom stereocenters. The van der Waals surface area contributed by atoms with Gasteiger partial charge in [-0.1, -0.05) is 0 Å². The van der Waals surface area contributed by atoms with Crippen LogP contribution in [-0.2, 0) is 11.3 Å². The number of carbonyl (C=O) groups excluding carboxylic acids is 1. The fraction of sp³-hybridized carbons (Fsp3) is 0.667. The van der Waals surface area contributed by atoms with Crippen LogP contribution in [0.3, 0.4) is 0 Å². The minimum atomic E-state index is 0.0675. The number of piperazine rings is 1. The number of nitrogens with zero attached hydrogens (tertiary/aromatic N) is 2. The summed E-state index contributed by atoms with van der Waals surface area (Å²) in [6.07, 6.45) is 3.56. The van der Waals surface area contributed by atoms with E-state index < -0.39 is 0 Å². The minimum absolute atomic E-state index is 0.0675. The first kappa shape index (κ1) is 18.6. The number of nitrogens with two attached hydrogens (primary N) is 1. The van der Waals surface area contributed by atoms with Crippen LogP contribution in [0.1, 0.15) is 24.8 Å². The molecule has 0 spiro atoms. The molecule has 148 valence electrons. The normalized spacial score (nSPS) is 30.6. The van der Waals surface area contributed by atoms with Gasteiger partial charge >= 0.3 is 0 Å². The molecular weight excluding hydrogens is 342 g/mol. The molecule has 1 heterocycles. The number of benzene rings is 1. The largest absolute Gasteiger partial charge is 0.497 e. The highest BCUT2D eigenvalue weighted by atomic mass is 16.5. The zero-order chi connectivity index (χ0) is 19.0. The van der Waals surface area contributed by atoms with Crippen molar-refractivity contribution in [3.63, 3.8) is 0 Å². The average Bonchev–Trinajstić information content (AvgIpc) is 3.29. The van der Waals surface area contributed by atoms with Crippen molar-refractivity contribution in [3.05, 3.63) is 23.8 Å². The van der Waals surface area contributed by atoms with Gasteiger partial charge in [-0.15, -0.1) is 0 Å². The SMILES string of the molecule is COc1cc(CN2CCN(C(=O)C3C4CCC(C4)C3N)CC2)cc(OC)c1. The van der Waals surface area contributed by atoms with Crippen molar-refractivity contribution in [3.8, 4) is 11.5 Å². The van der Waals surface area contributed by atoms with Gasteiger partial charge in [0.15, 0.2) is 0 Å². The zero-order valence-electron chi connectivity index (χ0n) is 16.4. The van der Waals surface area contributed by atoms with E-state index in [9.17, 15) is 4.79 Å². The molecule has 1 aliphatic heterocycles. The number of rotatable bonds is 5. The molecule has 2 saturated carbocycles. The maximum Gasteiger partial charge on any atom is 0.227 e. The molecule has 2 N–H and O–H groups in total. The lowest BCUT2D eigenvalue weighted by molar-refractivity contribution is -0.139. The molecule has 1 aromatic carbocycles. The molecule has 1 amide bonds. The van der Waals surface area contributed by atoms with Crippen LogP contribution in [0, 0.1) is 17.8 Å². The highest BCUT2D eigenvalue weighted by molar-refractivity contribution is 5.80. The molecule has 0 aromatic heterocycles. The number of hydrogen-bond donors (Lipinski definition) is 1. The molecule has 2 bridgehead atoms. The van der Waals surface area contributed by atoms with E-state index in [1.54, 1.807) is 14.2 Å². The van der Waals surface area contributed by atoms with Gasteiger partial charge in [0, 0.05) is 44.8 Å². The Morgan fingerprint density at radius 1 is 1.04 bits per heavy atom. The van der Waals surface area contributed by atoms with Gasteiger partial charge in [-0.25, -0.2) is 0 Å². The molecular formula is C21H31N3O3. The van der Waals surface area contributed by atoms with Crippen LogP contribution in [0.25, 0.3) is 0 Å². The van der Waals surface area contributed by atoms with Crippen molar-refractivity contribution in [2.24, 2.45) is 23.5 Å². The second-order valence-corrected chi connectivity index (χ2v) is 8.26. The molecule has 1 saturated heterocycles. The summed E-state index contributed by atoms with van der Waals surface area (Å²) in [5.41, 5.74) is 7.54. The first-order valence-electron chi connectivity index (χ1n) is 10.1. The van der Waals surface area contributed by atoms with Crippen molar-refractivity contribution in [1.29, 1.82) is 0 Å². The molecule has 2 aliphatic carbocycles. The third-order valence-corrected chi connectivity index (χ3v) is 6.77. The van der Waals surface area contributed by atoms with E-state index in [1.165, 1.54) is 18.4 Å². The fourth-order valence-corrected chi connectivity index (χ4v) is 5.26. The monoisotopic (exact) mass is 373 g/mol. The van der Waals surface area contributed by atoms with Gasteiger partial charge in [0.2, 0.25) is 5.91 Å². The van der Waals surface area contributed by atoms with Crippen molar-refractivity contribution in [2.75, 3.05) is 40.4 Å². The fourth-order valence-electron chi connectivity index (χ4n) is 5.26. The van der Waals surface area contributed by atoms with Crippen LogP contribution in [0.4, 0.5) is 0 Å². The second kappa shape index (κ2) is 7.68. The van der Waals surface area contributed by atoms with E-state index >= 15 is 0 Å². The van der Waals surface area contributed by atoms with Gasteiger partial charge in [-0.3, -0.25) is 9.69 Å². The highest BCUT2D eigenvalue weighted by Crippen LogP contribution is 2.48. The summed E-state index contributed by atoms with van der Waals surface area (Å²) < 4.78 is 10.7. The molecule has 3 aliphatic rings. The molecule has 6 nitrogen and oxygen atoms in total. The predicted molar refractivity (Wildman–Crippen MR) is 104 cm³/mol. The maximum absolute atomic E-state index is 13.0. The Morgan fingerprint density at radius 2 is 1.67 bits per heavy atom. The van der Waals surface area contributed by atoms with Crippen LogP contribution >= 0.6 is 0 Å². The Morgan fingerprint density at radius 3 is 2.22 bits per heavy atom. The number of fused-ring (bicyclic) bond motifs is 2. The van der Waals surface area contributed by atoms with Gasteiger partial charge in [-0.05, 0) is 48.8 Å². The summed E-state index contributed by atoms with van der Waals surface area (Å²) in [6, 6.07) is 6.07. The number of ether oxygens (including phenoxy) is 2. The topological polar surface area (TPSA) is 68.0 Å². The average molecular weight is 373 g/mol. The summed E-state index contributed by atoms with van der Waals surface area (Å²) >= 11 is 0. The van der Waals surface area contributed by atoms with E-state index in [4.69, 9.17) is 15.2 Å². The van der Waals surface area contributed by atoms with Gasteiger partial charge in [0.1, 0.15) is 11.5 Å². The van der Waals surface area contributed by atoms with Crippen molar-refractivity contribution in [1.82, 2.24) is 9.80 Å². The maximum atomic E-state index is 13.0. The van der Waals surface area contributed by atoms with Crippen LogP contribution < -0.4 is 15.2 Å². The Hall–Kier alpha value is -1.79. The van der Waals surface area contributed by atoms with E-state index in [0.717, 1.165) is 50.6 Å². The van der Waals surface area contributed by atoms with Crippen molar-refractivity contribution < 1.29 is 14.3 Å². The molecule has 3 fully saturated rings. The molecule has 0 radical (unpaired) electrons. The predicted octanol–water partition coefficient (Wildman–Crippen LogP) is 1.72. The minimum Gasteiger partial charge on any atom is -0.497 e. The lowest BCUT2D eigenvalue weighted by atomic mass is 9.84. The highest BCUT2D eigenvalue weighted by Gasteiger charge is 2.50. The Kier molecular flexibility index (Phi) is 5.28. The van der Waals surface area contributed by atoms with E-state index in [1.807, 2.05) is 23.1 Å². The lowest BCUT2D eigenvalue weighted by Crippen LogP contribution is -2.53. The number of hydrogen-bond acceptors (Lipinski definition) is 5. The third-order valence-electron chi connectivity index (χ3n) is 6.77. The van der Waals surface area contributed by atoms with E-state index in [0.29, 0.717) is 17.7 Å². The van der Waals surface area contributed by atoms with Crippen LogP contribution in [0.5, 0.6) is 11.5 Å². The van der Waals surface area contributed by atoms with Crippen molar-refractivity contribution in [2.45, 2.75) is 31.8 Å². The number of amides is 1. The summed E-state index contributed by atoms with van der Waals surface area (Å²) in [5.74, 6) is 3.09. The number of carbonyl (C=O) groups is 1. The van der Waals surface area contributed by atoms with Gasteiger partial charge in [-0.2, -0.15) is 0 Å². The second-order valence-electron chi connectivity index (χ2n) is 8.26. The summed E-state index contributed by atoms with van der Waals surface area (Å²) in [7, 11) is 3.34. The van der Waals surface area contributed by atoms with Gasteiger partial charge in [0.25, 0.3) is 0 Å². The van der Waals surface area contributed by atoms with Crippen LogP contribution in [0.2, 0.25) is 0 Å². The Balaban J connectivity index is 1.33. The van der Waals surface area contributed by atoms with Crippen molar-refractivity contribution >= 4 is 5.91 Å². The first-order valence-corrected chi connectivity index (χ1v) is 10.1. The molecule has 6 heteroatoms. The van der Waals surface area contributed by atoms with Gasteiger partial charge in [0.05, 0.1) is 20.1 Å². The molecule has 4 rings (SSSR count). The standard InChI is InChI=1S/C21H31N3O3/c1-26-17-9-14(10-18(12-17)27-2)13-23-5-7-24(8-6-23)21(25)19-15-3-4-16(11-15)20(19)22/h9-10,12,15-16,19-20H,3-8,11,13,22H2,1-2H3.